The maximum Gasteiger partial charge on any atom is 0.274 e. The van der Waals surface area contributed by atoms with Crippen molar-refractivity contribution in [3.05, 3.63) is 52.8 Å². The number of amides is 1. The Balaban J connectivity index is 2.15. The molecule has 0 aliphatic heterocycles. The summed E-state index contributed by atoms with van der Waals surface area (Å²) < 4.78 is 19.3. The molecule has 0 aliphatic carbocycles. The molecule has 0 saturated heterocycles. The lowest BCUT2D eigenvalue weighted by molar-refractivity contribution is 0.0706. The fourth-order valence-electron chi connectivity index (χ4n) is 1.94. The molecule has 21 heavy (non-hydrogen) atoms. The van der Waals surface area contributed by atoms with Crippen LogP contribution in [-0.2, 0) is 0 Å². The van der Waals surface area contributed by atoms with Crippen LogP contribution in [-0.4, -0.2) is 16.1 Å². The predicted octanol–water partition coefficient (Wildman–Crippen LogP) is 3.41. The average Bonchev–Trinajstić information content (AvgIpc) is 2.88. The molecule has 1 amide bonds. The van der Waals surface area contributed by atoms with Gasteiger partial charge >= 0.3 is 0 Å². The standard InChI is InChI=1S/C14H8ClFN2O3/c15-8-2-1-3-9(16)12(8)14-17-10-6-7(13(19)18-20)4-5-11(10)21-14/h1-6,20H,(H,18,19). The summed E-state index contributed by atoms with van der Waals surface area (Å²) in [4.78, 5) is 15.5. The second-order valence-corrected chi connectivity index (χ2v) is 4.65. The lowest BCUT2D eigenvalue weighted by Gasteiger charge is -1.99. The number of rotatable bonds is 2. The van der Waals surface area contributed by atoms with E-state index in [9.17, 15) is 9.18 Å². The molecule has 0 aliphatic rings. The largest absolute Gasteiger partial charge is 0.436 e. The monoisotopic (exact) mass is 306 g/mol. The summed E-state index contributed by atoms with van der Waals surface area (Å²) in [6, 6.07) is 8.63. The molecule has 106 valence electrons. The van der Waals surface area contributed by atoms with Crippen molar-refractivity contribution >= 4 is 28.6 Å². The molecule has 1 heterocycles. The van der Waals surface area contributed by atoms with Crippen LogP contribution in [0.4, 0.5) is 4.39 Å². The third-order valence-electron chi connectivity index (χ3n) is 2.93. The highest BCUT2D eigenvalue weighted by Crippen LogP contribution is 2.32. The highest BCUT2D eigenvalue weighted by molar-refractivity contribution is 6.33. The molecule has 0 fully saturated rings. The molecule has 2 aromatic carbocycles. The van der Waals surface area contributed by atoms with Gasteiger partial charge in [0, 0.05) is 5.56 Å². The Morgan fingerprint density at radius 1 is 1.33 bits per heavy atom. The van der Waals surface area contributed by atoms with Crippen LogP contribution < -0.4 is 5.48 Å². The number of fused-ring (bicyclic) bond motifs is 1. The molecule has 3 rings (SSSR count). The van der Waals surface area contributed by atoms with Gasteiger partial charge < -0.3 is 4.42 Å². The third kappa shape index (κ3) is 2.35. The minimum atomic E-state index is -0.676. The highest BCUT2D eigenvalue weighted by Gasteiger charge is 2.17. The second kappa shape index (κ2) is 5.16. The van der Waals surface area contributed by atoms with Gasteiger partial charge in [0.15, 0.2) is 5.58 Å². The summed E-state index contributed by atoms with van der Waals surface area (Å²) in [5.41, 5.74) is 2.51. The first-order chi connectivity index (χ1) is 10.1. The van der Waals surface area contributed by atoms with Gasteiger partial charge in [0.1, 0.15) is 11.3 Å². The lowest BCUT2D eigenvalue weighted by atomic mass is 10.2. The second-order valence-electron chi connectivity index (χ2n) is 4.24. The number of hydrogen-bond acceptors (Lipinski definition) is 4. The summed E-state index contributed by atoms with van der Waals surface area (Å²) in [7, 11) is 0. The van der Waals surface area contributed by atoms with E-state index in [-0.39, 0.29) is 22.0 Å². The quantitative estimate of drug-likeness (QED) is 0.562. The number of carbonyl (C=O) groups excluding carboxylic acids is 1. The summed E-state index contributed by atoms with van der Waals surface area (Å²) in [6.07, 6.45) is 0. The maximum atomic E-state index is 13.8. The summed E-state index contributed by atoms with van der Waals surface area (Å²) >= 11 is 5.96. The van der Waals surface area contributed by atoms with Crippen LogP contribution in [0.15, 0.2) is 40.8 Å². The van der Waals surface area contributed by atoms with Crippen LogP contribution in [0.1, 0.15) is 10.4 Å². The zero-order valence-corrected chi connectivity index (χ0v) is 11.2. The normalized spacial score (nSPS) is 10.8. The number of oxazole rings is 1. The molecule has 0 atom stereocenters. The van der Waals surface area contributed by atoms with Crippen molar-refractivity contribution in [1.29, 1.82) is 0 Å². The van der Waals surface area contributed by atoms with E-state index in [0.29, 0.717) is 11.1 Å². The van der Waals surface area contributed by atoms with Gasteiger partial charge in [-0.2, -0.15) is 0 Å². The van der Waals surface area contributed by atoms with Crippen LogP contribution in [0.5, 0.6) is 0 Å². The van der Waals surface area contributed by atoms with Gasteiger partial charge in [-0.25, -0.2) is 14.9 Å². The summed E-state index contributed by atoms with van der Waals surface area (Å²) in [5, 5.41) is 8.78. The fraction of sp³-hybridized carbons (Fsp3) is 0. The van der Waals surface area contributed by atoms with Gasteiger partial charge in [-0.15, -0.1) is 0 Å². The molecule has 7 heteroatoms. The van der Waals surface area contributed by atoms with E-state index in [2.05, 4.69) is 4.98 Å². The number of hydrogen-bond donors (Lipinski definition) is 2. The van der Waals surface area contributed by atoms with E-state index in [1.165, 1.54) is 41.9 Å². The molecule has 3 aromatic rings. The van der Waals surface area contributed by atoms with Crippen molar-refractivity contribution in [3.8, 4) is 11.5 Å². The Bertz CT molecular complexity index is 827. The average molecular weight is 307 g/mol. The van der Waals surface area contributed by atoms with Crippen LogP contribution in [0.25, 0.3) is 22.6 Å². The molecule has 0 spiro atoms. The Morgan fingerprint density at radius 3 is 2.86 bits per heavy atom. The number of hydroxylamine groups is 1. The minimum absolute atomic E-state index is 0.0228. The van der Waals surface area contributed by atoms with E-state index in [1.807, 2.05) is 0 Å². The zero-order chi connectivity index (χ0) is 15.0. The first kappa shape index (κ1) is 13.5. The molecule has 0 radical (unpaired) electrons. The first-order valence-corrected chi connectivity index (χ1v) is 6.27. The van der Waals surface area contributed by atoms with Crippen molar-refractivity contribution in [3.63, 3.8) is 0 Å². The third-order valence-corrected chi connectivity index (χ3v) is 3.24. The molecule has 1 aromatic heterocycles. The fourth-order valence-corrected chi connectivity index (χ4v) is 2.19. The smallest absolute Gasteiger partial charge is 0.274 e. The number of nitrogens with one attached hydrogen (secondary N) is 1. The van der Waals surface area contributed by atoms with E-state index >= 15 is 0 Å². The van der Waals surface area contributed by atoms with Gasteiger partial charge in [-0.3, -0.25) is 10.0 Å². The van der Waals surface area contributed by atoms with Crippen molar-refractivity contribution in [2.45, 2.75) is 0 Å². The van der Waals surface area contributed by atoms with E-state index < -0.39 is 11.7 Å². The number of benzene rings is 2. The molecular formula is C14H8ClFN2O3. The SMILES string of the molecule is O=C(NO)c1ccc2oc(-c3c(F)cccc3Cl)nc2c1. The Morgan fingerprint density at radius 2 is 2.14 bits per heavy atom. The molecule has 0 unspecified atom stereocenters. The van der Waals surface area contributed by atoms with Crippen LogP contribution in [0.2, 0.25) is 5.02 Å². The lowest BCUT2D eigenvalue weighted by Crippen LogP contribution is -2.18. The Kier molecular flexibility index (Phi) is 3.32. The topological polar surface area (TPSA) is 75.4 Å². The van der Waals surface area contributed by atoms with Crippen LogP contribution >= 0.6 is 11.6 Å². The molecular weight excluding hydrogens is 299 g/mol. The summed E-state index contributed by atoms with van der Waals surface area (Å²) in [5.74, 6) is -1.21. The van der Waals surface area contributed by atoms with E-state index in [0.717, 1.165) is 0 Å². The van der Waals surface area contributed by atoms with Crippen LogP contribution in [0.3, 0.4) is 0 Å². The van der Waals surface area contributed by atoms with E-state index in [4.69, 9.17) is 21.2 Å². The van der Waals surface area contributed by atoms with Gasteiger partial charge in [0.25, 0.3) is 5.91 Å². The van der Waals surface area contributed by atoms with Crippen molar-refractivity contribution in [2.24, 2.45) is 0 Å². The number of halogens is 2. The van der Waals surface area contributed by atoms with Gasteiger partial charge in [-0.1, -0.05) is 17.7 Å². The van der Waals surface area contributed by atoms with Gasteiger partial charge in [-0.05, 0) is 30.3 Å². The van der Waals surface area contributed by atoms with Gasteiger partial charge in [0.2, 0.25) is 5.89 Å². The highest BCUT2D eigenvalue weighted by atomic mass is 35.5. The number of nitrogens with zero attached hydrogens (tertiary/aromatic N) is 1. The first-order valence-electron chi connectivity index (χ1n) is 5.89. The van der Waals surface area contributed by atoms with Crippen molar-refractivity contribution < 1.29 is 18.8 Å². The van der Waals surface area contributed by atoms with Crippen molar-refractivity contribution in [1.82, 2.24) is 10.5 Å². The van der Waals surface area contributed by atoms with Crippen LogP contribution in [0, 0.1) is 5.82 Å². The molecule has 0 bridgehead atoms. The molecule has 0 saturated carbocycles. The minimum Gasteiger partial charge on any atom is -0.436 e. The van der Waals surface area contributed by atoms with E-state index in [1.54, 1.807) is 0 Å². The Hall–Kier alpha value is -2.44. The molecule has 5 nitrogen and oxygen atoms in total. The number of carbonyl (C=O) groups is 1. The molecule has 2 N–H and O–H groups in total. The van der Waals surface area contributed by atoms with Crippen molar-refractivity contribution in [2.75, 3.05) is 0 Å². The maximum absolute atomic E-state index is 13.8. The number of aromatic nitrogens is 1. The van der Waals surface area contributed by atoms with Gasteiger partial charge in [0.05, 0.1) is 10.6 Å². The zero-order valence-electron chi connectivity index (χ0n) is 10.4. The summed E-state index contributed by atoms with van der Waals surface area (Å²) in [6.45, 7) is 0. The predicted molar refractivity (Wildman–Crippen MR) is 73.7 cm³/mol. The Labute approximate surface area is 122 Å².